The number of nitrogens with zero attached hydrogens (tertiary/aromatic N) is 1. The number of hydrogen-bond acceptors (Lipinski definition) is 4. The van der Waals surface area contributed by atoms with Gasteiger partial charge in [0.2, 0.25) is 0 Å². The molecule has 0 radical (unpaired) electrons. The SMILES string of the molecule is CC(CCl)S(=O)(=O)c1ccccc1[N+](=O)[O-]. The van der Waals surface area contributed by atoms with Crippen LogP contribution in [0.3, 0.4) is 0 Å². The van der Waals surface area contributed by atoms with Crippen LogP contribution < -0.4 is 0 Å². The Morgan fingerprint density at radius 2 is 2.00 bits per heavy atom. The molecule has 1 aromatic carbocycles. The van der Waals surface area contributed by atoms with Gasteiger partial charge in [-0.1, -0.05) is 12.1 Å². The second-order valence-corrected chi connectivity index (χ2v) is 5.88. The zero-order chi connectivity index (χ0) is 12.3. The van der Waals surface area contributed by atoms with Crippen molar-refractivity contribution in [2.24, 2.45) is 0 Å². The molecule has 0 heterocycles. The highest BCUT2D eigenvalue weighted by atomic mass is 35.5. The second kappa shape index (κ2) is 4.80. The van der Waals surface area contributed by atoms with Gasteiger partial charge in [-0.3, -0.25) is 10.1 Å². The average molecular weight is 264 g/mol. The lowest BCUT2D eigenvalue weighted by Gasteiger charge is -2.09. The largest absolute Gasteiger partial charge is 0.287 e. The average Bonchev–Trinajstić information content (AvgIpc) is 2.27. The molecule has 88 valence electrons. The van der Waals surface area contributed by atoms with Crippen LogP contribution in [0.4, 0.5) is 5.69 Å². The number of para-hydroxylation sites is 1. The first-order valence-electron chi connectivity index (χ1n) is 4.44. The number of nitro benzene ring substituents is 1. The molecule has 0 aliphatic carbocycles. The molecule has 0 aliphatic heterocycles. The maximum Gasteiger partial charge on any atom is 0.287 e. The Bertz CT molecular complexity index is 500. The first-order chi connectivity index (χ1) is 7.41. The summed E-state index contributed by atoms with van der Waals surface area (Å²) < 4.78 is 23.8. The van der Waals surface area contributed by atoms with E-state index in [4.69, 9.17) is 11.6 Å². The summed E-state index contributed by atoms with van der Waals surface area (Å²) in [7, 11) is -3.74. The third-order valence-corrected chi connectivity index (χ3v) is 4.95. The zero-order valence-corrected chi connectivity index (χ0v) is 10.0. The quantitative estimate of drug-likeness (QED) is 0.473. The lowest BCUT2D eigenvalue weighted by atomic mass is 10.3. The maximum absolute atomic E-state index is 11.9. The third-order valence-electron chi connectivity index (χ3n) is 2.12. The van der Waals surface area contributed by atoms with Gasteiger partial charge in [0.05, 0.1) is 10.2 Å². The number of halogens is 1. The van der Waals surface area contributed by atoms with Crippen LogP contribution in [0.15, 0.2) is 29.2 Å². The molecule has 1 unspecified atom stereocenters. The summed E-state index contributed by atoms with van der Waals surface area (Å²) in [5.41, 5.74) is -0.417. The van der Waals surface area contributed by atoms with Gasteiger partial charge in [0.25, 0.3) is 5.69 Å². The van der Waals surface area contributed by atoms with Gasteiger partial charge < -0.3 is 0 Å². The van der Waals surface area contributed by atoms with Crippen LogP contribution in [0, 0.1) is 10.1 Å². The van der Waals surface area contributed by atoms with E-state index in [1.54, 1.807) is 0 Å². The highest BCUT2D eigenvalue weighted by Gasteiger charge is 2.29. The van der Waals surface area contributed by atoms with E-state index in [0.717, 1.165) is 6.07 Å². The summed E-state index contributed by atoms with van der Waals surface area (Å²) in [6.45, 7) is 1.42. The van der Waals surface area contributed by atoms with Crippen molar-refractivity contribution in [3.05, 3.63) is 34.4 Å². The van der Waals surface area contributed by atoms with Crippen molar-refractivity contribution in [1.82, 2.24) is 0 Å². The van der Waals surface area contributed by atoms with Gasteiger partial charge in [-0.05, 0) is 13.0 Å². The molecule has 0 amide bonds. The predicted octanol–water partition coefficient (Wildman–Crippen LogP) is 2.00. The van der Waals surface area contributed by atoms with Gasteiger partial charge in [-0.2, -0.15) is 0 Å². The molecule has 0 saturated carbocycles. The summed E-state index contributed by atoms with van der Waals surface area (Å²) in [6.07, 6.45) is 0. The maximum atomic E-state index is 11.9. The van der Waals surface area contributed by atoms with Crippen molar-refractivity contribution in [3.8, 4) is 0 Å². The van der Waals surface area contributed by atoms with Gasteiger partial charge in [0.1, 0.15) is 4.90 Å². The Morgan fingerprint density at radius 1 is 1.44 bits per heavy atom. The minimum absolute atomic E-state index is 0.103. The Labute approximate surface area is 98.1 Å². The molecule has 7 heteroatoms. The van der Waals surface area contributed by atoms with E-state index in [9.17, 15) is 18.5 Å². The van der Waals surface area contributed by atoms with Gasteiger partial charge >= 0.3 is 0 Å². The van der Waals surface area contributed by atoms with Crippen LogP contribution in [-0.4, -0.2) is 24.5 Å². The van der Waals surface area contributed by atoms with Crippen LogP contribution in [0.1, 0.15) is 6.92 Å². The number of sulfone groups is 1. The van der Waals surface area contributed by atoms with Crippen LogP contribution >= 0.6 is 11.6 Å². The first-order valence-corrected chi connectivity index (χ1v) is 6.52. The summed E-state index contributed by atoms with van der Waals surface area (Å²) in [5, 5.41) is 9.84. The van der Waals surface area contributed by atoms with E-state index in [2.05, 4.69) is 0 Å². The molecular formula is C9H10ClNO4S. The van der Waals surface area contributed by atoms with Crippen LogP contribution in [0.2, 0.25) is 0 Å². The second-order valence-electron chi connectivity index (χ2n) is 3.23. The first kappa shape index (κ1) is 12.9. The van der Waals surface area contributed by atoms with Crippen molar-refractivity contribution in [1.29, 1.82) is 0 Å². The molecule has 0 spiro atoms. The number of rotatable bonds is 4. The fraction of sp³-hybridized carbons (Fsp3) is 0.333. The smallest absolute Gasteiger partial charge is 0.258 e. The Morgan fingerprint density at radius 3 is 2.50 bits per heavy atom. The molecule has 0 aromatic heterocycles. The molecule has 5 nitrogen and oxygen atoms in total. The summed E-state index contributed by atoms with van der Waals surface area (Å²) in [4.78, 5) is 9.69. The lowest BCUT2D eigenvalue weighted by Crippen LogP contribution is -2.20. The standard InChI is InChI=1S/C9H10ClNO4S/c1-7(6-10)16(14,15)9-5-3-2-4-8(9)11(12)13/h2-5,7H,6H2,1H3. The van der Waals surface area contributed by atoms with Crippen molar-refractivity contribution < 1.29 is 13.3 Å². The fourth-order valence-electron chi connectivity index (χ4n) is 1.15. The van der Waals surface area contributed by atoms with E-state index < -0.39 is 25.7 Å². The van der Waals surface area contributed by atoms with E-state index in [1.165, 1.54) is 25.1 Å². The van der Waals surface area contributed by atoms with Gasteiger partial charge in [0, 0.05) is 11.9 Å². The van der Waals surface area contributed by atoms with Gasteiger partial charge in [0.15, 0.2) is 9.84 Å². The van der Waals surface area contributed by atoms with Crippen LogP contribution in [0.5, 0.6) is 0 Å². The molecule has 0 aliphatic rings. The topological polar surface area (TPSA) is 77.3 Å². The summed E-state index contributed by atoms with van der Waals surface area (Å²) >= 11 is 5.47. The molecule has 0 saturated heterocycles. The monoisotopic (exact) mass is 263 g/mol. The highest BCUT2D eigenvalue weighted by molar-refractivity contribution is 7.92. The molecular weight excluding hydrogens is 254 g/mol. The zero-order valence-electron chi connectivity index (χ0n) is 8.46. The van der Waals surface area contributed by atoms with Gasteiger partial charge in [-0.25, -0.2) is 8.42 Å². The molecule has 1 rings (SSSR count). The molecule has 0 bridgehead atoms. The normalized spacial score (nSPS) is 13.4. The summed E-state index contributed by atoms with van der Waals surface area (Å²) in [6, 6.07) is 5.24. The third kappa shape index (κ3) is 2.33. The summed E-state index contributed by atoms with van der Waals surface area (Å²) in [5.74, 6) is -0.103. The number of benzene rings is 1. The Hall–Kier alpha value is -1.14. The van der Waals surface area contributed by atoms with E-state index in [0.29, 0.717) is 0 Å². The molecule has 0 N–H and O–H groups in total. The fourth-order valence-corrected chi connectivity index (χ4v) is 2.95. The number of nitro groups is 1. The van der Waals surface area contributed by atoms with Gasteiger partial charge in [-0.15, -0.1) is 11.6 Å². The molecule has 1 atom stereocenters. The van der Waals surface area contributed by atoms with Crippen molar-refractivity contribution in [2.45, 2.75) is 17.1 Å². The van der Waals surface area contributed by atoms with Crippen molar-refractivity contribution >= 4 is 27.1 Å². The van der Waals surface area contributed by atoms with E-state index in [1.807, 2.05) is 0 Å². The minimum Gasteiger partial charge on any atom is -0.258 e. The van der Waals surface area contributed by atoms with Crippen LogP contribution in [-0.2, 0) is 9.84 Å². The Balaban J connectivity index is 3.39. The van der Waals surface area contributed by atoms with E-state index in [-0.39, 0.29) is 10.8 Å². The molecule has 1 aromatic rings. The number of alkyl halides is 1. The van der Waals surface area contributed by atoms with E-state index >= 15 is 0 Å². The van der Waals surface area contributed by atoms with Crippen molar-refractivity contribution in [3.63, 3.8) is 0 Å². The number of hydrogen-bond donors (Lipinski definition) is 0. The minimum atomic E-state index is -3.74. The van der Waals surface area contributed by atoms with Crippen LogP contribution in [0.25, 0.3) is 0 Å². The molecule has 0 fully saturated rings. The Kier molecular flexibility index (Phi) is 3.88. The lowest BCUT2D eigenvalue weighted by molar-refractivity contribution is -0.387. The highest BCUT2D eigenvalue weighted by Crippen LogP contribution is 2.26. The predicted molar refractivity (Wildman–Crippen MR) is 60.5 cm³/mol. The van der Waals surface area contributed by atoms with Crippen molar-refractivity contribution in [2.75, 3.05) is 5.88 Å². The molecule has 16 heavy (non-hydrogen) atoms.